The fraction of sp³-hybridized carbons (Fsp3) is 0.231. The van der Waals surface area contributed by atoms with E-state index in [1.807, 2.05) is 11.5 Å². The van der Waals surface area contributed by atoms with Gasteiger partial charge in [0.15, 0.2) is 0 Å². The number of carboxylic acid groups (broad SMARTS) is 1. The van der Waals surface area contributed by atoms with Crippen LogP contribution in [0.25, 0.3) is 0 Å². The number of nitrogens with zero attached hydrogens (tertiary/aromatic N) is 2. The third kappa shape index (κ3) is 2.40. The fourth-order valence-corrected chi connectivity index (χ4v) is 1.87. The van der Waals surface area contributed by atoms with E-state index in [2.05, 4.69) is 4.98 Å². The quantitative estimate of drug-likeness (QED) is 0.903. The Kier molecular flexibility index (Phi) is 3.41. The maximum absolute atomic E-state index is 13.0. The van der Waals surface area contributed by atoms with Gasteiger partial charge in [-0.05, 0) is 17.7 Å². The van der Waals surface area contributed by atoms with Crippen molar-refractivity contribution in [2.75, 3.05) is 0 Å². The number of aryl methyl sites for hydroxylation is 1. The first-order chi connectivity index (χ1) is 8.61. The van der Waals surface area contributed by atoms with E-state index in [9.17, 15) is 9.18 Å². The van der Waals surface area contributed by atoms with Gasteiger partial charge in [0.25, 0.3) is 0 Å². The second-order valence-corrected chi connectivity index (χ2v) is 3.93. The zero-order chi connectivity index (χ0) is 13.1. The Morgan fingerprint density at radius 2 is 2.28 bits per heavy atom. The molecule has 0 aliphatic rings. The van der Waals surface area contributed by atoms with Crippen molar-refractivity contribution in [1.29, 1.82) is 0 Å². The summed E-state index contributed by atoms with van der Waals surface area (Å²) in [6, 6.07) is 3.81. The molecule has 4 nitrogen and oxygen atoms in total. The lowest BCUT2D eigenvalue weighted by Crippen LogP contribution is -2.09. The summed E-state index contributed by atoms with van der Waals surface area (Å²) in [5.74, 6) is -0.796. The van der Waals surface area contributed by atoms with Crippen molar-refractivity contribution in [3.05, 3.63) is 53.4 Å². The van der Waals surface area contributed by atoms with E-state index in [1.54, 1.807) is 12.4 Å². The fourth-order valence-electron chi connectivity index (χ4n) is 1.87. The summed E-state index contributed by atoms with van der Waals surface area (Å²) >= 11 is 0. The zero-order valence-corrected chi connectivity index (χ0v) is 9.93. The SMILES string of the molecule is CCc1nccn1Cc1ccc(F)cc1C(=O)O. The highest BCUT2D eigenvalue weighted by Crippen LogP contribution is 2.14. The zero-order valence-electron chi connectivity index (χ0n) is 9.93. The summed E-state index contributed by atoms with van der Waals surface area (Å²) in [6.07, 6.45) is 4.22. The Morgan fingerprint density at radius 1 is 1.50 bits per heavy atom. The van der Waals surface area contributed by atoms with Gasteiger partial charge in [0.2, 0.25) is 0 Å². The van der Waals surface area contributed by atoms with Gasteiger partial charge in [0.1, 0.15) is 11.6 Å². The molecule has 0 fully saturated rings. The Bertz CT molecular complexity index is 578. The molecule has 0 saturated heterocycles. The molecule has 0 saturated carbocycles. The highest BCUT2D eigenvalue weighted by atomic mass is 19.1. The summed E-state index contributed by atoms with van der Waals surface area (Å²) < 4.78 is 14.9. The number of rotatable bonds is 4. The molecule has 0 unspecified atom stereocenters. The van der Waals surface area contributed by atoms with Crippen LogP contribution in [0.1, 0.15) is 28.7 Å². The summed E-state index contributed by atoms with van der Waals surface area (Å²) in [5.41, 5.74) is 0.558. The van der Waals surface area contributed by atoms with E-state index in [0.717, 1.165) is 18.3 Å². The first-order valence-corrected chi connectivity index (χ1v) is 5.63. The van der Waals surface area contributed by atoms with Gasteiger partial charge in [-0.3, -0.25) is 0 Å². The van der Waals surface area contributed by atoms with Gasteiger partial charge in [-0.15, -0.1) is 0 Å². The van der Waals surface area contributed by atoms with Crippen LogP contribution in [0.5, 0.6) is 0 Å². The maximum atomic E-state index is 13.0. The predicted octanol–water partition coefficient (Wildman–Crippen LogP) is 2.33. The van der Waals surface area contributed by atoms with Crippen LogP contribution in [0.3, 0.4) is 0 Å². The van der Waals surface area contributed by atoms with E-state index >= 15 is 0 Å². The van der Waals surface area contributed by atoms with Crippen LogP contribution in [0.15, 0.2) is 30.6 Å². The van der Waals surface area contributed by atoms with Crippen LogP contribution in [0, 0.1) is 5.82 Å². The molecule has 0 radical (unpaired) electrons. The monoisotopic (exact) mass is 248 g/mol. The van der Waals surface area contributed by atoms with E-state index in [0.29, 0.717) is 12.1 Å². The largest absolute Gasteiger partial charge is 0.478 e. The number of aromatic nitrogens is 2. The number of carbonyl (C=O) groups is 1. The standard InChI is InChI=1S/C13H13FN2O2/c1-2-12-15-5-6-16(12)8-9-3-4-10(14)7-11(9)13(17)18/h3-7H,2,8H2,1H3,(H,17,18). The number of carboxylic acids is 1. The number of halogens is 1. The summed E-state index contributed by atoms with van der Waals surface area (Å²) in [5, 5.41) is 9.05. The van der Waals surface area contributed by atoms with Crippen LogP contribution >= 0.6 is 0 Å². The second-order valence-electron chi connectivity index (χ2n) is 3.93. The van der Waals surface area contributed by atoms with Crippen LogP contribution in [0.2, 0.25) is 0 Å². The van der Waals surface area contributed by atoms with E-state index in [-0.39, 0.29) is 5.56 Å². The summed E-state index contributed by atoms with van der Waals surface area (Å²) in [6.45, 7) is 2.35. The van der Waals surface area contributed by atoms with Gasteiger partial charge in [-0.25, -0.2) is 14.2 Å². The van der Waals surface area contributed by atoms with Crippen molar-refractivity contribution in [2.45, 2.75) is 19.9 Å². The normalized spacial score (nSPS) is 10.6. The third-order valence-electron chi connectivity index (χ3n) is 2.76. The molecule has 0 spiro atoms. The topological polar surface area (TPSA) is 55.1 Å². The van der Waals surface area contributed by atoms with Gasteiger partial charge in [0.05, 0.1) is 5.56 Å². The van der Waals surface area contributed by atoms with Gasteiger partial charge in [-0.2, -0.15) is 0 Å². The van der Waals surface area contributed by atoms with E-state index < -0.39 is 11.8 Å². The molecule has 18 heavy (non-hydrogen) atoms. The Labute approximate surface area is 104 Å². The lowest BCUT2D eigenvalue weighted by Gasteiger charge is -2.09. The molecule has 94 valence electrons. The number of aromatic carboxylic acids is 1. The number of hydrogen-bond donors (Lipinski definition) is 1. The average molecular weight is 248 g/mol. The Morgan fingerprint density at radius 3 is 2.94 bits per heavy atom. The molecule has 0 aliphatic heterocycles. The average Bonchev–Trinajstić information content (AvgIpc) is 2.78. The van der Waals surface area contributed by atoms with Crippen molar-refractivity contribution in [3.8, 4) is 0 Å². The van der Waals surface area contributed by atoms with Crippen molar-refractivity contribution in [2.24, 2.45) is 0 Å². The number of imidazole rings is 1. The molecule has 0 atom stereocenters. The lowest BCUT2D eigenvalue weighted by atomic mass is 10.1. The molecule has 5 heteroatoms. The minimum Gasteiger partial charge on any atom is -0.478 e. The lowest BCUT2D eigenvalue weighted by molar-refractivity contribution is 0.0695. The van der Waals surface area contributed by atoms with Gasteiger partial charge in [0, 0.05) is 25.4 Å². The molecule has 1 N–H and O–H groups in total. The molecule has 2 aromatic rings. The van der Waals surface area contributed by atoms with Crippen LogP contribution in [0.4, 0.5) is 4.39 Å². The maximum Gasteiger partial charge on any atom is 0.336 e. The van der Waals surface area contributed by atoms with Gasteiger partial charge in [-0.1, -0.05) is 13.0 Å². The highest BCUT2D eigenvalue weighted by Gasteiger charge is 2.12. The molecule has 0 aliphatic carbocycles. The second kappa shape index (κ2) is 5.00. The molecule has 1 aromatic carbocycles. The molecular weight excluding hydrogens is 235 g/mol. The number of benzene rings is 1. The minimum atomic E-state index is -1.12. The van der Waals surface area contributed by atoms with Crippen molar-refractivity contribution >= 4 is 5.97 Å². The number of hydrogen-bond acceptors (Lipinski definition) is 2. The smallest absolute Gasteiger partial charge is 0.336 e. The summed E-state index contributed by atoms with van der Waals surface area (Å²) in [7, 11) is 0. The molecule has 1 heterocycles. The van der Waals surface area contributed by atoms with Crippen LogP contribution in [-0.2, 0) is 13.0 Å². The van der Waals surface area contributed by atoms with Crippen LogP contribution in [-0.4, -0.2) is 20.6 Å². The first-order valence-electron chi connectivity index (χ1n) is 5.63. The van der Waals surface area contributed by atoms with Crippen molar-refractivity contribution < 1.29 is 14.3 Å². The highest BCUT2D eigenvalue weighted by molar-refractivity contribution is 5.89. The van der Waals surface area contributed by atoms with Crippen LogP contribution < -0.4 is 0 Å². The Balaban J connectivity index is 2.37. The molecule has 0 bridgehead atoms. The van der Waals surface area contributed by atoms with Crippen molar-refractivity contribution in [1.82, 2.24) is 9.55 Å². The summed E-state index contributed by atoms with van der Waals surface area (Å²) in [4.78, 5) is 15.2. The molecular formula is C13H13FN2O2. The first kappa shape index (κ1) is 12.3. The molecule has 2 rings (SSSR count). The minimum absolute atomic E-state index is 0.00856. The van der Waals surface area contributed by atoms with Crippen molar-refractivity contribution in [3.63, 3.8) is 0 Å². The van der Waals surface area contributed by atoms with E-state index in [1.165, 1.54) is 12.1 Å². The molecule has 0 amide bonds. The third-order valence-corrected chi connectivity index (χ3v) is 2.76. The molecule has 1 aromatic heterocycles. The van der Waals surface area contributed by atoms with E-state index in [4.69, 9.17) is 5.11 Å². The van der Waals surface area contributed by atoms with Gasteiger partial charge >= 0.3 is 5.97 Å². The predicted molar refractivity (Wildman–Crippen MR) is 64.1 cm³/mol. The van der Waals surface area contributed by atoms with Gasteiger partial charge < -0.3 is 9.67 Å². The Hall–Kier alpha value is -2.17.